The number of nitrogens with zero attached hydrogens (tertiary/aromatic N) is 1. The van der Waals surface area contributed by atoms with E-state index in [-0.39, 0.29) is 30.8 Å². The van der Waals surface area contributed by atoms with Gasteiger partial charge >= 0.3 is 5.97 Å². The average Bonchev–Trinajstić information content (AvgIpc) is 3.09. The Hall–Kier alpha value is -2.75. The Labute approximate surface area is 206 Å². The molecule has 0 radical (unpaired) electrons. The molecule has 2 aliphatic rings. The lowest BCUT2D eigenvalue weighted by atomic mass is 9.82. The zero-order valence-electron chi connectivity index (χ0n) is 20.6. The van der Waals surface area contributed by atoms with E-state index in [1.807, 2.05) is 0 Å². The minimum Gasteiger partial charge on any atom is -0.469 e. The number of aliphatic hydroxyl groups excluding tert-OH is 1. The van der Waals surface area contributed by atoms with Crippen LogP contribution >= 0.6 is 0 Å². The summed E-state index contributed by atoms with van der Waals surface area (Å²) < 4.78 is 4.68. The van der Waals surface area contributed by atoms with Crippen molar-refractivity contribution in [3.63, 3.8) is 0 Å². The van der Waals surface area contributed by atoms with Gasteiger partial charge in [0.25, 0.3) is 5.91 Å². The van der Waals surface area contributed by atoms with Gasteiger partial charge in [-0.3, -0.25) is 14.4 Å². The lowest BCUT2D eigenvalue weighted by Gasteiger charge is -2.28. The fourth-order valence-electron chi connectivity index (χ4n) is 4.72. The number of unbranched alkanes of at least 4 members (excludes halogenated alkanes) is 1. The number of ether oxygens (including phenoxy) is 1. The Bertz CT molecular complexity index is 943. The molecule has 9 heteroatoms. The first-order chi connectivity index (χ1) is 16.8. The van der Waals surface area contributed by atoms with E-state index in [1.54, 1.807) is 42.2 Å². The van der Waals surface area contributed by atoms with Crippen LogP contribution in [0.1, 0.15) is 51.0 Å². The Morgan fingerprint density at radius 2 is 2.17 bits per heavy atom. The minimum absolute atomic E-state index is 0.0231. The summed E-state index contributed by atoms with van der Waals surface area (Å²) in [5, 5.41) is 27.0. The van der Waals surface area contributed by atoms with Crippen LogP contribution in [0.2, 0.25) is 0 Å². The predicted molar refractivity (Wildman–Crippen MR) is 133 cm³/mol. The summed E-state index contributed by atoms with van der Waals surface area (Å²) in [6.45, 7) is 3.62. The van der Waals surface area contributed by atoms with E-state index >= 15 is 0 Å². The number of anilines is 2. The molecule has 1 unspecified atom stereocenters. The maximum atomic E-state index is 13.5. The second-order valence-corrected chi connectivity index (χ2v) is 9.25. The molecule has 1 saturated heterocycles. The summed E-state index contributed by atoms with van der Waals surface area (Å²) in [7, 11) is 1.34. The number of methoxy groups -OCH3 is 1. The Morgan fingerprint density at radius 1 is 1.37 bits per heavy atom. The maximum Gasteiger partial charge on any atom is 0.305 e. The molecule has 1 aromatic carbocycles. The van der Waals surface area contributed by atoms with Crippen LogP contribution in [0.3, 0.4) is 0 Å². The molecule has 0 aromatic heterocycles. The van der Waals surface area contributed by atoms with Gasteiger partial charge < -0.3 is 30.5 Å². The van der Waals surface area contributed by atoms with Gasteiger partial charge in [-0.05, 0) is 56.8 Å². The summed E-state index contributed by atoms with van der Waals surface area (Å²) in [5.74, 6) is -1.50. The quantitative estimate of drug-likeness (QED) is 0.214. The maximum absolute atomic E-state index is 13.5. The number of piperidine rings is 1. The molecule has 1 fully saturated rings. The lowest BCUT2D eigenvalue weighted by molar-refractivity contribution is -0.140. The highest BCUT2D eigenvalue weighted by molar-refractivity contribution is 6.08. The standard InChI is InChI=1S/C26H37N3O6/c1-18(8-4-6-15-30)26(34)21-16-20(28-24(32)19-9-7-13-27-17-19)11-12-22(21)29(25(26)33)14-5-3-10-23(31)35-2/h4,8,11-12,16,18-19,27,30,34H,3,5-7,9-10,13-15,17H2,1-2H3,(H,28,32)/b8-4+/t18-,19?,26+/m0/s1. The third kappa shape index (κ3) is 6.09. The molecule has 0 bridgehead atoms. The first-order valence-electron chi connectivity index (χ1n) is 12.4. The number of benzene rings is 1. The van der Waals surface area contributed by atoms with Crippen LogP contribution in [-0.2, 0) is 24.7 Å². The van der Waals surface area contributed by atoms with Crippen molar-refractivity contribution in [1.82, 2.24) is 5.32 Å². The molecule has 0 spiro atoms. The summed E-state index contributed by atoms with van der Waals surface area (Å²) in [4.78, 5) is 39.3. The van der Waals surface area contributed by atoms with Crippen LogP contribution in [0.25, 0.3) is 0 Å². The van der Waals surface area contributed by atoms with E-state index < -0.39 is 17.4 Å². The van der Waals surface area contributed by atoms with Gasteiger partial charge in [-0.2, -0.15) is 0 Å². The molecule has 2 aliphatic heterocycles. The molecule has 192 valence electrons. The van der Waals surface area contributed by atoms with Gasteiger partial charge in [0.1, 0.15) is 0 Å². The van der Waals surface area contributed by atoms with Crippen molar-refractivity contribution in [3.8, 4) is 0 Å². The minimum atomic E-state index is -1.81. The highest BCUT2D eigenvalue weighted by Crippen LogP contribution is 2.46. The number of esters is 1. The van der Waals surface area contributed by atoms with Crippen LogP contribution in [0.4, 0.5) is 11.4 Å². The molecule has 3 atom stereocenters. The van der Waals surface area contributed by atoms with Gasteiger partial charge in [-0.25, -0.2) is 0 Å². The topological polar surface area (TPSA) is 128 Å². The Balaban J connectivity index is 1.85. The van der Waals surface area contributed by atoms with E-state index in [0.717, 1.165) is 19.4 Å². The van der Waals surface area contributed by atoms with Crippen LogP contribution in [0.5, 0.6) is 0 Å². The van der Waals surface area contributed by atoms with Gasteiger partial charge in [0.2, 0.25) is 5.91 Å². The Morgan fingerprint density at radius 3 is 2.86 bits per heavy atom. The number of carbonyl (C=O) groups is 3. The fraction of sp³-hybridized carbons (Fsp3) is 0.577. The van der Waals surface area contributed by atoms with Crippen LogP contribution in [0.15, 0.2) is 30.4 Å². The molecule has 0 saturated carbocycles. The van der Waals surface area contributed by atoms with E-state index in [2.05, 4.69) is 15.4 Å². The van der Waals surface area contributed by atoms with Crippen molar-refractivity contribution < 1.29 is 29.3 Å². The largest absolute Gasteiger partial charge is 0.469 e. The average molecular weight is 488 g/mol. The molecule has 35 heavy (non-hydrogen) atoms. The van der Waals surface area contributed by atoms with Gasteiger partial charge in [-0.15, -0.1) is 0 Å². The van der Waals surface area contributed by atoms with Gasteiger partial charge in [0, 0.05) is 43.3 Å². The number of carbonyl (C=O) groups excluding carboxylic acids is 3. The summed E-state index contributed by atoms with van der Waals surface area (Å²) in [6.07, 6.45) is 7.05. The molecular formula is C26H37N3O6. The number of hydrogen-bond donors (Lipinski definition) is 4. The van der Waals surface area contributed by atoms with E-state index in [4.69, 9.17) is 5.11 Å². The third-order valence-corrected chi connectivity index (χ3v) is 6.82. The molecule has 1 aromatic rings. The number of aliphatic hydroxyl groups is 2. The zero-order chi connectivity index (χ0) is 25.4. The van der Waals surface area contributed by atoms with Crippen molar-refractivity contribution in [2.45, 2.75) is 51.0 Å². The first-order valence-corrected chi connectivity index (χ1v) is 12.4. The van der Waals surface area contributed by atoms with Crippen molar-refractivity contribution in [1.29, 1.82) is 0 Å². The van der Waals surface area contributed by atoms with Crippen molar-refractivity contribution in [2.75, 3.05) is 43.6 Å². The molecule has 2 heterocycles. The number of fused-ring (bicyclic) bond motifs is 1. The molecule has 4 N–H and O–H groups in total. The van der Waals surface area contributed by atoms with Crippen LogP contribution in [0, 0.1) is 11.8 Å². The second-order valence-electron chi connectivity index (χ2n) is 9.25. The van der Waals surface area contributed by atoms with Crippen LogP contribution < -0.4 is 15.5 Å². The van der Waals surface area contributed by atoms with Gasteiger partial charge in [0.05, 0.1) is 18.7 Å². The molecule has 0 aliphatic carbocycles. The van der Waals surface area contributed by atoms with E-state index in [0.29, 0.717) is 49.3 Å². The smallest absolute Gasteiger partial charge is 0.305 e. The lowest BCUT2D eigenvalue weighted by Crippen LogP contribution is -2.44. The number of amides is 2. The molecule has 3 rings (SSSR count). The summed E-state index contributed by atoms with van der Waals surface area (Å²) >= 11 is 0. The normalized spacial score (nSPS) is 22.8. The number of rotatable bonds is 11. The Kier molecular flexibility index (Phi) is 9.42. The summed E-state index contributed by atoms with van der Waals surface area (Å²) in [6, 6.07) is 5.19. The van der Waals surface area contributed by atoms with Crippen molar-refractivity contribution in [3.05, 3.63) is 35.9 Å². The van der Waals surface area contributed by atoms with Crippen LogP contribution in [-0.4, -0.2) is 61.3 Å². The fourth-order valence-corrected chi connectivity index (χ4v) is 4.72. The second kappa shape index (κ2) is 12.3. The van der Waals surface area contributed by atoms with Crippen molar-refractivity contribution >= 4 is 29.2 Å². The number of nitrogens with one attached hydrogen (secondary N) is 2. The first kappa shape index (κ1) is 26.8. The van der Waals surface area contributed by atoms with E-state index in [1.165, 1.54) is 7.11 Å². The third-order valence-electron chi connectivity index (χ3n) is 6.82. The monoisotopic (exact) mass is 487 g/mol. The highest BCUT2D eigenvalue weighted by Gasteiger charge is 2.52. The SMILES string of the molecule is COC(=O)CCCCN1C(=O)[C@@](O)([C@@H](C)/C=C/CCO)c2cc(NC(=O)C3CCCNC3)ccc21. The summed E-state index contributed by atoms with van der Waals surface area (Å²) in [5.41, 5.74) is -0.243. The van der Waals surface area contributed by atoms with E-state index in [9.17, 15) is 19.5 Å². The zero-order valence-corrected chi connectivity index (χ0v) is 20.6. The highest BCUT2D eigenvalue weighted by atomic mass is 16.5. The number of hydrogen-bond acceptors (Lipinski definition) is 7. The van der Waals surface area contributed by atoms with Crippen molar-refractivity contribution in [2.24, 2.45) is 11.8 Å². The molecular weight excluding hydrogens is 450 g/mol. The molecule has 2 amide bonds. The predicted octanol–water partition coefficient (Wildman–Crippen LogP) is 2.08. The van der Waals surface area contributed by atoms with Gasteiger partial charge in [-0.1, -0.05) is 19.1 Å². The van der Waals surface area contributed by atoms with Gasteiger partial charge in [0.15, 0.2) is 5.60 Å². The molecule has 9 nitrogen and oxygen atoms in total.